The minimum absolute atomic E-state index is 0.0962. The van der Waals surface area contributed by atoms with Crippen molar-refractivity contribution < 1.29 is 13.2 Å². The second kappa shape index (κ2) is 8.41. The van der Waals surface area contributed by atoms with Gasteiger partial charge in [0, 0.05) is 48.0 Å². The highest BCUT2D eigenvalue weighted by atomic mass is 79.9. The predicted molar refractivity (Wildman–Crippen MR) is 117 cm³/mol. The van der Waals surface area contributed by atoms with Gasteiger partial charge in [0.2, 0.25) is 10.0 Å². The molecule has 0 saturated carbocycles. The van der Waals surface area contributed by atoms with Gasteiger partial charge in [0.15, 0.2) is 0 Å². The van der Waals surface area contributed by atoms with Gasteiger partial charge in [0.25, 0.3) is 5.91 Å². The molecule has 0 radical (unpaired) electrons. The number of halogens is 1. The Balaban J connectivity index is 1.63. The fourth-order valence-electron chi connectivity index (χ4n) is 3.11. The molecule has 0 unspecified atom stereocenters. The van der Waals surface area contributed by atoms with Crippen molar-refractivity contribution in [3.05, 3.63) is 52.6 Å². The van der Waals surface area contributed by atoms with Crippen LogP contribution in [0.5, 0.6) is 0 Å². The third-order valence-electron chi connectivity index (χ3n) is 4.45. The quantitative estimate of drug-likeness (QED) is 0.727. The smallest absolute Gasteiger partial charge is 0.253 e. The molecule has 7 nitrogen and oxygen atoms in total. The number of rotatable bonds is 4. The van der Waals surface area contributed by atoms with Crippen LogP contribution in [0.2, 0.25) is 0 Å². The molecule has 156 valence electrons. The van der Waals surface area contributed by atoms with E-state index in [1.807, 2.05) is 12.1 Å². The average molecular weight is 481 g/mol. The zero-order valence-electron chi connectivity index (χ0n) is 16.7. The van der Waals surface area contributed by atoms with E-state index in [9.17, 15) is 13.2 Å². The summed E-state index contributed by atoms with van der Waals surface area (Å²) in [5.74, 6) is 0.794. The van der Waals surface area contributed by atoms with Gasteiger partial charge < -0.3 is 9.80 Å². The summed E-state index contributed by atoms with van der Waals surface area (Å²) in [4.78, 5) is 21.3. The van der Waals surface area contributed by atoms with Crippen LogP contribution in [-0.2, 0) is 10.0 Å². The second-order valence-electron chi connectivity index (χ2n) is 7.99. The minimum atomic E-state index is -3.62. The first kappa shape index (κ1) is 21.7. The molecule has 1 fully saturated rings. The topological polar surface area (TPSA) is 82.6 Å². The van der Waals surface area contributed by atoms with Gasteiger partial charge in [0.1, 0.15) is 5.82 Å². The first-order valence-electron chi connectivity index (χ1n) is 9.35. The zero-order chi connectivity index (χ0) is 21.2. The monoisotopic (exact) mass is 480 g/mol. The summed E-state index contributed by atoms with van der Waals surface area (Å²) in [6.45, 7) is 7.92. The summed E-state index contributed by atoms with van der Waals surface area (Å²) in [5.41, 5.74) is -0.0913. The van der Waals surface area contributed by atoms with Crippen molar-refractivity contribution in [2.45, 2.75) is 31.2 Å². The van der Waals surface area contributed by atoms with Crippen LogP contribution in [0.25, 0.3) is 0 Å². The molecular weight excluding hydrogens is 456 g/mol. The number of hydrogen-bond acceptors (Lipinski definition) is 5. The number of carbonyl (C=O) groups excluding carboxylic acids is 1. The van der Waals surface area contributed by atoms with Crippen LogP contribution >= 0.6 is 15.9 Å². The molecule has 1 aromatic carbocycles. The fourth-order valence-corrected chi connectivity index (χ4v) is 4.77. The molecule has 1 N–H and O–H groups in total. The SMILES string of the molecule is CC(C)(C)NS(=O)(=O)c1ccc(C(=O)N2CCN(c3ccc(Br)cn3)CC2)cc1. The third kappa shape index (κ3) is 5.55. The number of amides is 1. The Labute approximate surface area is 180 Å². The van der Waals surface area contributed by atoms with Crippen LogP contribution in [0.4, 0.5) is 5.82 Å². The largest absolute Gasteiger partial charge is 0.353 e. The molecule has 0 bridgehead atoms. The molecule has 1 aliphatic heterocycles. The predicted octanol–water partition coefficient (Wildman–Crippen LogP) is 2.88. The van der Waals surface area contributed by atoms with Gasteiger partial charge >= 0.3 is 0 Å². The van der Waals surface area contributed by atoms with Crippen molar-refractivity contribution in [2.24, 2.45) is 0 Å². The molecule has 1 aromatic heterocycles. The lowest BCUT2D eigenvalue weighted by molar-refractivity contribution is 0.0746. The molecule has 1 amide bonds. The summed E-state index contributed by atoms with van der Waals surface area (Å²) in [7, 11) is -3.62. The van der Waals surface area contributed by atoms with Crippen LogP contribution in [0, 0.1) is 0 Å². The molecule has 29 heavy (non-hydrogen) atoms. The molecule has 0 aliphatic carbocycles. The number of nitrogens with zero attached hydrogens (tertiary/aromatic N) is 3. The molecule has 0 spiro atoms. The van der Waals surface area contributed by atoms with E-state index >= 15 is 0 Å². The number of carbonyl (C=O) groups is 1. The maximum atomic E-state index is 12.8. The Morgan fingerprint density at radius 3 is 2.17 bits per heavy atom. The summed E-state index contributed by atoms with van der Waals surface area (Å²) >= 11 is 3.38. The van der Waals surface area contributed by atoms with Gasteiger partial charge in [-0.2, -0.15) is 0 Å². The van der Waals surface area contributed by atoms with E-state index in [1.165, 1.54) is 12.1 Å². The van der Waals surface area contributed by atoms with Gasteiger partial charge in [-0.05, 0) is 73.1 Å². The van der Waals surface area contributed by atoms with Gasteiger partial charge in [-0.15, -0.1) is 0 Å². The maximum absolute atomic E-state index is 12.8. The van der Waals surface area contributed by atoms with Crippen molar-refractivity contribution in [3.8, 4) is 0 Å². The van der Waals surface area contributed by atoms with E-state index in [1.54, 1.807) is 44.0 Å². The molecule has 2 heterocycles. The number of benzene rings is 1. The normalized spacial score (nSPS) is 15.4. The van der Waals surface area contributed by atoms with Crippen LogP contribution in [0.15, 0.2) is 52.0 Å². The van der Waals surface area contributed by atoms with Crippen LogP contribution in [-0.4, -0.2) is 55.9 Å². The van der Waals surface area contributed by atoms with Crippen LogP contribution in [0.3, 0.4) is 0 Å². The Morgan fingerprint density at radius 1 is 1.03 bits per heavy atom. The first-order valence-corrected chi connectivity index (χ1v) is 11.6. The maximum Gasteiger partial charge on any atom is 0.253 e. The molecule has 1 saturated heterocycles. The number of anilines is 1. The zero-order valence-corrected chi connectivity index (χ0v) is 19.1. The standard InChI is InChI=1S/C20H25BrN4O3S/c1-20(2,3)23-29(27,28)17-7-4-15(5-8-17)19(26)25-12-10-24(11-13-25)18-9-6-16(21)14-22-18/h4-9,14,23H,10-13H2,1-3H3. The van der Waals surface area contributed by atoms with Crippen molar-refractivity contribution in [1.82, 2.24) is 14.6 Å². The molecule has 0 atom stereocenters. The highest BCUT2D eigenvalue weighted by Crippen LogP contribution is 2.19. The van der Waals surface area contributed by atoms with E-state index in [0.717, 1.165) is 10.3 Å². The third-order valence-corrected chi connectivity index (χ3v) is 6.70. The van der Waals surface area contributed by atoms with E-state index in [4.69, 9.17) is 0 Å². The number of pyridine rings is 1. The summed E-state index contributed by atoms with van der Waals surface area (Å²) in [5, 5.41) is 0. The Hall–Kier alpha value is -1.97. The van der Waals surface area contributed by atoms with E-state index < -0.39 is 15.6 Å². The number of aromatic nitrogens is 1. The van der Waals surface area contributed by atoms with Crippen LogP contribution < -0.4 is 9.62 Å². The van der Waals surface area contributed by atoms with Gasteiger partial charge in [-0.25, -0.2) is 18.1 Å². The van der Waals surface area contributed by atoms with Crippen molar-refractivity contribution in [2.75, 3.05) is 31.1 Å². The molecule has 3 rings (SSSR count). The molecule has 1 aliphatic rings. The first-order chi connectivity index (χ1) is 13.5. The number of nitrogens with one attached hydrogen (secondary N) is 1. The Bertz CT molecular complexity index is 962. The van der Waals surface area contributed by atoms with E-state index in [0.29, 0.717) is 31.7 Å². The lowest BCUT2D eigenvalue weighted by Gasteiger charge is -2.35. The molecule has 9 heteroatoms. The van der Waals surface area contributed by atoms with E-state index in [2.05, 4.69) is 30.5 Å². The summed E-state index contributed by atoms with van der Waals surface area (Å²) in [6.07, 6.45) is 1.76. The second-order valence-corrected chi connectivity index (χ2v) is 10.6. The minimum Gasteiger partial charge on any atom is -0.353 e. The van der Waals surface area contributed by atoms with Crippen molar-refractivity contribution in [3.63, 3.8) is 0 Å². The number of hydrogen-bond donors (Lipinski definition) is 1. The summed E-state index contributed by atoms with van der Waals surface area (Å²) in [6, 6.07) is 9.99. The molecular formula is C20H25BrN4O3S. The highest BCUT2D eigenvalue weighted by molar-refractivity contribution is 9.10. The van der Waals surface area contributed by atoms with Gasteiger partial charge in [0.05, 0.1) is 4.90 Å². The molecule has 2 aromatic rings. The van der Waals surface area contributed by atoms with E-state index in [-0.39, 0.29) is 10.8 Å². The summed E-state index contributed by atoms with van der Waals surface area (Å²) < 4.78 is 28.3. The average Bonchev–Trinajstić information content (AvgIpc) is 2.66. The fraction of sp³-hybridized carbons (Fsp3) is 0.400. The van der Waals surface area contributed by atoms with Crippen molar-refractivity contribution in [1.29, 1.82) is 0 Å². The van der Waals surface area contributed by atoms with Crippen molar-refractivity contribution >= 4 is 37.7 Å². The Kier molecular flexibility index (Phi) is 6.30. The van der Waals surface area contributed by atoms with Gasteiger partial charge in [-0.1, -0.05) is 0 Å². The Morgan fingerprint density at radius 2 is 1.66 bits per heavy atom. The van der Waals surface area contributed by atoms with Crippen LogP contribution in [0.1, 0.15) is 31.1 Å². The lowest BCUT2D eigenvalue weighted by atomic mass is 10.1. The van der Waals surface area contributed by atoms with Gasteiger partial charge in [-0.3, -0.25) is 4.79 Å². The highest BCUT2D eigenvalue weighted by Gasteiger charge is 2.25. The lowest BCUT2D eigenvalue weighted by Crippen LogP contribution is -2.49. The number of piperazine rings is 1. The number of sulfonamides is 1.